The van der Waals surface area contributed by atoms with Crippen molar-refractivity contribution in [2.75, 3.05) is 6.61 Å². The number of aromatic nitrogens is 1. The van der Waals surface area contributed by atoms with Gasteiger partial charge in [-0.05, 0) is 48.6 Å². The van der Waals surface area contributed by atoms with Gasteiger partial charge in [-0.15, -0.1) is 11.3 Å². The fraction of sp³-hybridized carbons (Fsp3) is 0.222. The molecule has 6 nitrogen and oxygen atoms in total. The van der Waals surface area contributed by atoms with Gasteiger partial charge in [0.15, 0.2) is 4.80 Å². The third kappa shape index (κ3) is 4.99. The number of allylic oxidation sites excluding steroid dienone is 1. The van der Waals surface area contributed by atoms with Gasteiger partial charge in [0.25, 0.3) is 5.56 Å². The Kier molecular flexibility index (Phi) is 7.27. The van der Waals surface area contributed by atoms with E-state index in [0.29, 0.717) is 47.7 Å². The largest absolute Gasteiger partial charge is 0.462 e. The Morgan fingerprint density at radius 1 is 1.22 bits per heavy atom. The highest BCUT2D eigenvalue weighted by molar-refractivity contribution is 7.10. The number of benzene rings is 1. The lowest BCUT2D eigenvalue weighted by Gasteiger charge is -2.23. The number of ether oxygens (including phenoxy) is 1. The first-order valence-electron chi connectivity index (χ1n) is 11.5. The van der Waals surface area contributed by atoms with Crippen molar-refractivity contribution in [2.24, 2.45) is 10.9 Å². The average Bonchev–Trinajstić information content (AvgIpc) is 3.61. The molecule has 0 radical (unpaired) electrons. The molecule has 0 bridgehead atoms. The zero-order valence-corrected chi connectivity index (χ0v) is 23.3. The number of hydrogen-bond acceptors (Lipinski definition) is 7. The molecule has 1 unspecified atom stereocenters. The molecule has 4 aromatic rings. The number of nitrogens with zero attached hydrogens (tertiary/aromatic N) is 2. The van der Waals surface area contributed by atoms with E-state index in [-0.39, 0.29) is 18.1 Å². The number of furan rings is 1. The fourth-order valence-electron chi connectivity index (χ4n) is 4.02. The number of rotatable bonds is 6. The molecule has 4 heterocycles. The lowest BCUT2D eigenvalue weighted by Crippen LogP contribution is -2.39. The molecule has 0 fully saturated rings. The van der Waals surface area contributed by atoms with Crippen molar-refractivity contribution < 1.29 is 13.9 Å². The van der Waals surface area contributed by atoms with E-state index in [1.165, 1.54) is 22.7 Å². The van der Waals surface area contributed by atoms with Crippen LogP contribution in [0.2, 0.25) is 10.0 Å². The second-order valence-electron chi connectivity index (χ2n) is 8.89. The van der Waals surface area contributed by atoms with Gasteiger partial charge in [-0.3, -0.25) is 9.36 Å². The van der Waals surface area contributed by atoms with Crippen LogP contribution in [-0.4, -0.2) is 17.1 Å². The van der Waals surface area contributed by atoms with Crippen LogP contribution in [0.3, 0.4) is 0 Å². The van der Waals surface area contributed by atoms with Gasteiger partial charge in [-0.2, -0.15) is 0 Å². The first-order chi connectivity index (χ1) is 17.7. The predicted molar refractivity (Wildman–Crippen MR) is 148 cm³/mol. The molecule has 0 aliphatic carbocycles. The monoisotopic (exact) mass is 572 g/mol. The molecule has 1 atom stereocenters. The number of fused-ring (bicyclic) bond motifs is 1. The van der Waals surface area contributed by atoms with Crippen molar-refractivity contribution in [1.82, 2.24) is 4.57 Å². The van der Waals surface area contributed by atoms with Gasteiger partial charge in [0.05, 0.1) is 32.5 Å². The topological polar surface area (TPSA) is 73.8 Å². The second kappa shape index (κ2) is 10.5. The SMILES string of the molecule is CC1=C(C(=O)OCC(C)C)C(c2cccs2)n2c(s/c(=C\c3ccc(-c4cccc(Cl)c4Cl)o3)c2=O)=N1. The summed E-state index contributed by atoms with van der Waals surface area (Å²) in [5.74, 6) is 0.744. The molecule has 3 aromatic heterocycles. The number of thiazole rings is 1. The van der Waals surface area contributed by atoms with E-state index >= 15 is 0 Å². The van der Waals surface area contributed by atoms with Crippen molar-refractivity contribution >= 4 is 57.9 Å². The quantitative estimate of drug-likeness (QED) is 0.263. The van der Waals surface area contributed by atoms with E-state index in [1.54, 1.807) is 41.8 Å². The summed E-state index contributed by atoms with van der Waals surface area (Å²) in [6.07, 6.45) is 1.67. The molecule has 1 aliphatic heterocycles. The fourth-order valence-corrected chi connectivity index (χ4v) is 6.26. The maximum Gasteiger partial charge on any atom is 0.338 e. The molecule has 0 saturated carbocycles. The van der Waals surface area contributed by atoms with Crippen LogP contribution in [-0.2, 0) is 9.53 Å². The van der Waals surface area contributed by atoms with Gasteiger partial charge in [0.1, 0.15) is 17.6 Å². The van der Waals surface area contributed by atoms with E-state index in [9.17, 15) is 9.59 Å². The number of carbonyl (C=O) groups is 1. The van der Waals surface area contributed by atoms with Crippen LogP contribution in [0.5, 0.6) is 0 Å². The molecule has 10 heteroatoms. The Labute approximate surface area is 230 Å². The third-order valence-electron chi connectivity index (χ3n) is 5.72. The number of halogens is 2. The Morgan fingerprint density at radius 2 is 2.03 bits per heavy atom. The van der Waals surface area contributed by atoms with Gasteiger partial charge >= 0.3 is 5.97 Å². The highest BCUT2D eigenvalue weighted by Gasteiger charge is 2.34. The summed E-state index contributed by atoms with van der Waals surface area (Å²) >= 11 is 15.2. The minimum atomic E-state index is -0.615. The van der Waals surface area contributed by atoms with Crippen LogP contribution in [0, 0.1) is 5.92 Å². The molecule has 1 aromatic carbocycles. The van der Waals surface area contributed by atoms with Gasteiger partial charge in [0.2, 0.25) is 0 Å². The zero-order valence-electron chi connectivity index (χ0n) is 20.2. The number of carbonyl (C=O) groups excluding carboxylic acids is 1. The molecule has 5 rings (SSSR count). The maximum absolute atomic E-state index is 13.7. The predicted octanol–water partition coefficient (Wildman–Crippen LogP) is 6.06. The molecule has 0 N–H and O–H groups in total. The number of hydrogen-bond donors (Lipinski definition) is 0. The number of thiophene rings is 1. The third-order valence-corrected chi connectivity index (χ3v) is 8.45. The lowest BCUT2D eigenvalue weighted by molar-refractivity contribution is -0.140. The molecule has 1 aliphatic rings. The molecule has 37 heavy (non-hydrogen) atoms. The minimum Gasteiger partial charge on any atom is -0.462 e. The normalized spacial score (nSPS) is 15.7. The second-order valence-corrected chi connectivity index (χ2v) is 11.7. The van der Waals surface area contributed by atoms with Gasteiger partial charge in [0, 0.05) is 16.5 Å². The average molecular weight is 574 g/mol. The number of esters is 1. The standard InChI is InChI=1S/C27H22Cl2N2O4S2/c1-14(2)13-34-26(33)22-15(3)30-27-31(24(22)20-8-5-11-36-20)25(32)21(37-27)12-16-9-10-19(35-16)17-6-4-7-18(28)23(17)29/h4-12,14,24H,13H2,1-3H3/b21-12-. The Hall–Kier alpha value is -2.91. The lowest BCUT2D eigenvalue weighted by atomic mass is 10.0. The Balaban J connectivity index is 1.59. The van der Waals surface area contributed by atoms with Crippen molar-refractivity contribution in [3.63, 3.8) is 0 Å². The Bertz CT molecular complexity index is 1690. The van der Waals surface area contributed by atoms with Crippen molar-refractivity contribution in [1.29, 1.82) is 0 Å². The highest BCUT2D eigenvalue weighted by Crippen LogP contribution is 2.35. The van der Waals surface area contributed by atoms with E-state index in [0.717, 1.165) is 4.88 Å². The van der Waals surface area contributed by atoms with E-state index in [2.05, 4.69) is 4.99 Å². The highest BCUT2D eigenvalue weighted by atomic mass is 35.5. The summed E-state index contributed by atoms with van der Waals surface area (Å²) in [6.45, 7) is 6.01. The summed E-state index contributed by atoms with van der Waals surface area (Å²) in [5, 5.41) is 2.74. The van der Waals surface area contributed by atoms with E-state index in [4.69, 9.17) is 32.4 Å². The van der Waals surface area contributed by atoms with Crippen LogP contribution in [0.4, 0.5) is 0 Å². The summed E-state index contributed by atoms with van der Waals surface area (Å²) in [7, 11) is 0. The first kappa shape index (κ1) is 25.7. The van der Waals surface area contributed by atoms with Crippen LogP contribution in [0.15, 0.2) is 73.3 Å². The van der Waals surface area contributed by atoms with Crippen molar-refractivity contribution in [3.05, 3.63) is 99.5 Å². The molecule has 190 valence electrons. The molecule has 0 spiro atoms. The van der Waals surface area contributed by atoms with Crippen LogP contribution < -0.4 is 14.9 Å². The summed E-state index contributed by atoms with van der Waals surface area (Å²) in [5.41, 5.74) is 1.31. The summed E-state index contributed by atoms with van der Waals surface area (Å²) in [4.78, 5) is 32.8. The molecule has 0 saturated heterocycles. The van der Waals surface area contributed by atoms with Crippen molar-refractivity contribution in [3.8, 4) is 11.3 Å². The summed E-state index contributed by atoms with van der Waals surface area (Å²) in [6, 6.07) is 12.0. The van der Waals surface area contributed by atoms with Crippen LogP contribution in [0.25, 0.3) is 17.4 Å². The zero-order chi connectivity index (χ0) is 26.3. The van der Waals surface area contributed by atoms with E-state index < -0.39 is 12.0 Å². The van der Waals surface area contributed by atoms with E-state index in [1.807, 2.05) is 37.4 Å². The van der Waals surface area contributed by atoms with Gasteiger partial charge < -0.3 is 9.15 Å². The van der Waals surface area contributed by atoms with Crippen molar-refractivity contribution in [2.45, 2.75) is 26.8 Å². The first-order valence-corrected chi connectivity index (χ1v) is 14.0. The van der Waals surface area contributed by atoms with Crippen LogP contribution in [0.1, 0.15) is 37.5 Å². The molecular weight excluding hydrogens is 551 g/mol. The Morgan fingerprint density at radius 3 is 2.76 bits per heavy atom. The summed E-state index contributed by atoms with van der Waals surface area (Å²) < 4.78 is 13.5. The molecule has 0 amide bonds. The smallest absolute Gasteiger partial charge is 0.338 e. The van der Waals surface area contributed by atoms with Crippen LogP contribution >= 0.6 is 45.9 Å². The van der Waals surface area contributed by atoms with Gasteiger partial charge in [-0.25, -0.2) is 9.79 Å². The maximum atomic E-state index is 13.7. The minimum absolute atomic E-state index is 0.186. The molecular formula is C27H22Cl2N2O4S2. The van der Waals surface area contributed by atoms with Gasteiger partial charge in [-0.1, -0.05) is 60.5 Å².